The normalized spacial score (nSPS) is 26.4. The lowest BCUT2D eigenvalue weighted by Crippen LogP contribution is -2.03. The molecular formula is C13H16O2S. The van der Waals surface area contributed by atoms with Crippen LogP contribution in [0.5, 0.6) is 0 Å². The number of thioether (sulfide) groups is 1. The van der Waals surface area contributed by atoms with Crippen LogP contribution < -0.4 is 0 Å². The summed E-state index contributed by atoms with van der Waals surface area (Å²) >= 11 is 1.69. The fraction of sp³-hybridized carbons (Fsp3) is 0.462. The summed E-state index contributed by atoms with van der Waals surface area (Å²) in [6, 6.07) is 8.11. The third kappa shape index (κ3) is 1.63. The van der Waals surface area contributed by atoms with E-state index in [1.807, 2.05) is 32.2 Å². The van der Waals surface area contributed by atoms with E-state index < -0.39 is 5.97 Å². The molecule has 0 heterocycles. The van der Waals surface area contributed by atoms with E-state index in [9.17, 15) is 9.90 Å². The zero-order chi connectivity index (χ0) is 11.9. The molecule has 0 saturated heterocycles. The molecular weight excluding hydrogens is 220 g/mol. The Kier molecular flexibility index (Phi) is 2.74. The zero-order valence-corrected chi connectivity index (χ0v) is 10.5. The topological polar surface area (TPSA) is 37.3 Å². The van der Waals surface area contributed by atoms with E-state index in [1.165, 1.54) is 10.5 Å². The second-order valence-electron chi connectivity index (χ2n) is 4.86. The first-order valence-corrected chi connectivity index (χ1v) is 6.58. The summed E-state index contributed by atoms with van der Waals surface area (Å²) in [6.07, 6.45) is 2.03. The summed E-state index contributed by atoms with van der Waals surface area (Å²) in [7, 11) is 0. The van der Waals surface area contributed by atoms with Crippen molar-refractivity contribution in [1.82, 2.24) is 0 Å². The summed E-state index contributed by atoms with van der Waals surface area (Å²) in [5.41, 5.74) is 1.07. The van der Waals surface area contributed by atoms with E-state index in [1.54, 1.807) is 11.8 Å². The third-order valence-electron chi connectivity index (χ3n) is 3.57. The van der Waals surface area contributed by atoms with Gasteiger partial charge in [-0.05, 0) is 23.3 Å². The van der Waals surface area contributed by atoms with Crippen LogP contribution in [0.1, 0.15) is 25.3 Å². The van der Waals surface area contributed by atoms with Crippen LogP contribution >= 0.6 is 11.8 Å². The second-order valence-corrected chi connectivity index (χ2v) is 5.70. The number of carboxylic acids is 1. The first-order valence-electron chi connectivity index (χ1n) is 5.36. The van der Waals surface area contributed by atoms with Crippen LogP contribution in [0.15, 0.2) is 29.2 Å². The van der Waals surface area contributed by atoms with Crippen LogP contribution in [-0.2, 0) is 4.79 Å². The van der Waals surface area contributed by atoms with Gasteiger partial charge in [-0.15, -0.1) is 11.8 Å². The Morgan fingerprint density at radius 3 is 2.50 bits per heavy atom. The number of aliphatic carboxylic acids is 1. The molecule has 1 aliphatic carbocycles. The monoisotopic (exact) mass is 236 g/mol. The van der Waals surface area contributed by atoms with Gasteiger partial charge in [0, 0.05) is 10.8 Å². The zero-order valence-electron chi connectivity index (χ0n) is 9.73. The van der Waals surface area contributed by atoms with Gasteiger partial charge >= 0.3 is 5.97 Å². The highest BCUT2D eigenvalue weighted by Crippen LogP contribution is 2.65. The second kappa shape index (κ2) is 3.81. The number of rotatable bonds is 3. The van der Waals surface area contributed by atoms with Crippen LogP contribution in [0, 0.1) is 11.3 Å². The van der Waals surface area contributed by atoms with Crippen LogP contribution in [0.25, 0.3) is 0 Å². The first-order chi connectivity index (χ1) is 7.50. The summed E-state index contributed by atoms with van der Waals surface area (Å²) in [6.45, 7) is 4.07. The highest BCUT2D eigenvalue weighted by atomic mass is 32.2. The van der Waals surface area contributed by atoms with Crippen molar-refractivity contribution in [3.8, 4) is 0 Å². The number of hydrogen-bond donors (Lipinski definition) is 1. The van der Waals surface area contributed by atoms with Crippen LogP contribution in [0.4, 0.5) is 0 Å². The lowest BCUT2D eigenvalue weighted by molar-refractivity contribution is -0.139. The summed E-state index contributed by atoms with van der Waals surface area (Å²) in [5, 5.41) is 9.18. The molecule has 1 fully saturated rings. The van der Waals surface area contributed by atoms with Gasteiger partial charge in [0.05, 0.1) is 5.92 Å². The molecule has 0 spiro atoms. The van der Waals surface area contributed by atoms with Gasteiger partial charge in [0.2, 0.25) is 0 Å². The molecule has 2 nitrogen and oxygen atoms in total. The number of carboxylic acid groups (broad SMARTS) is 1. The molecule has 1 saturated carbocycles. The van der Waals surface area contributed by atoms with Gasteiger partial charge in [-0.3, -0.25) is 4.79 Å². The Hall–Kier alpha value is -0.960. The fourth-order valence-corrected chi connectivity index (χ4v) is 3.25. The van der Waals surface area contributed by atoms with E-state index in [4.69, 9.17) is 0 Å². The van der Waals surface area contributed by atoms with Crippen molar-refractivity contribution in [2.24, 2.45) is 11.3 Å². The summed E-state index contributed by atoms with van der Waals surface area (Å²) in [4.78, 5) is 12.4. The molecule has 16 heavy (non-hydrogen) atoms. The predicted octanol–water partition coefficient (Wildman–Crippen LogP) is 3.23. The minimum Gasteiger partial charge on any atom is -0.481 e. The minimum atomic E-state index is -0.675. The van der Waals surface area contributed by atoms with Crippen molar-refractivity contribution in [3.63, 3.8) is 0 Å². The highest BCUT2D eigenvalue weighted by Gasteiger charge is 2.63. The average Bonchev–Trinajstić information content (AvgIpc) is 2.81. The van der Waals surface area contributed by atoms with E-state index >= 15 is 0 Å². The molecule has 1 N–H and O–H groups in total. The molecule has 0 amide bonds. The standard InChI is InChI=1S/C13H16O2S/c1-13(2)10(11(13)12(14)15)8-6-4-5-7-9(8)16-3/h4-7,10-11H,1-3H3,(H,14,15). The molecule has 3 heteroatoms. The van der Waals surface area contributed by atoms with Crippen molar-refractivity contribution in [1.29, 1.82) is 0 Å². The van der Waals surface area contributed by atoms with E-state index in [0.717, 1.165) is 0 Å². The Morgan fingerprint density at radius 2 is 2.00 bits per heavy atom. The number of benzene rings is 1. The Morgan fingerprint density at radius 1 is 1.38 bits per heavy atom. The van der Waals surface area contributed by atoms with Gasteiger partial charge in [-0.2, -0.15) is 0 Å². The van der Waals surface area contributed by atoms with Crippen molar-refractivity contribution >= 4 is 17.7 Å². The summed E-state index contributed by atoms with van der Waals surface area (Å²) < 4.78 is 0. The average molecular weight is 236 g/mol. The molecule has 0 aromatic heterocycles. The highest BCUT2D eigenvalue weighted by molar-refractivity contribution is 7.98. The molecule has 2 rings (SSSR count). The maximum absolute atomic E-state index is 11.2. The number of carbonyl (C=O) groups is 1. The van der Waals surface area contributed by atoms with Gasteiger partial charge in [-0.1, -0.05) is 32.0 Å². The van der Waals surface area contributed by atoms with Crippen LogP contribution in [0.2, 0.25) is 0 Å². The molecule has 1 aromatic carbocycles. The molecule has 2 atom stereocenters. The largest absolute Gasteiger partial charge is 0.481 e. The Balaban J connectivity index is 2.37. The van der Waals surface area contributed by atoms with Crippen LogP contribution in [-0.4, -0.2) is 17.3 Å². The predicted molar refractivity (Wildman–Crippen MR) is 65.9 cm³/mol. The lowest BCUT2D eigenvalue weighted by atomic mass is 10.0. The Labute approximate surface area is 100 Å². The van der Waals surface area contributed by atoms with Gasteiger partial charge < -0.3 is 5.11 Å². The lowest BCUT2D eigenvalue weighted by Gasteiger charge is -2.07. The van der Waals surface area contributed by atoms with Crippen LogP contribution in [0.3, 0.4) is 0 Å². The minimum absolute atomic E-state index is 0.113. The molecule has 1 aliphatic rings. The third-order valence-corrected chi connectivity index (χ3v) is 4.38. The van der Waals surface area contributed by atoms with Gasteiger partial charge in [0.25, 0.3) is 0 Å². The van der Waals surface area contributed by atoms with E-state index in [2.05, 4.69) is 12.1 Å². The molecule has 1 aromatic rings. The molecule has 0 aliphatic heterocycles. The van der Waals surface area contributed by atoms with Crippen molar-refractivity contribution < 1.29 is 9.90 Å². The van der Waals surface area contributed by atoms with Gasteiger partial charge in [0.15, 0.2) is 0 Å². The SMILES string of the molecule is CSc1ccccc1C1C(C(=O)O)C1(C)C. The number of hydrogen-bond acceptors (Lipinski definition) is 2. The summed E-state index contributed by atoms with van der Waals surface area (Å²) in [5.74, 6) is -0.750. The van der Waals surface area contributed by atoms with E-state index in [0.29, 0.717) is 0 Å². The fourth-order valence-electron chi connectivity index (χ4n) is 2.60. The maximum Gasteiger partial charge on any atom is 0.307 e. The van der Waals surface area contributed by atoms with Crippen molar-refractivity contribution in [3.05, 3.63) is 29.8 Å². The molecule has 0 bridgehead atoms. The van der Waals surface area contributed by atoms with Crippen molar-refractivity contribution in [2.75, 3.05) is 6.26 Å². The van der Waals surface area contributed by atoms with E-state index in [-0.39, 0.29) is 17.3 Å². The maximum atomic E-state index is 11.2. The molecule has 0 radical (unpaired) electrons. The first kappa shape index (κ1) is 11.5. The molecule has 86 valence electrons. The van der Waals surface area contributed by atoms with Gasteiger partial charge in [-0.25, -0.2) is 0 Å². The smallest absolute Gasteiger partial charge is 0.307 e. The van der Waals surface area contributed by atoms with Gasteiger partial charge in [0.1, 0.15) is 0 Å². The Bertz CT molecular complexity index is 426. The quantitative estimate of drug-likeness (QED) is 0.819. The van der Waals surface area contributed by atoms with Crippen molar-refractivity contribution in [2.45, 2.75) is 24.7 Å². The molecule has 2 unspecified atom stereocenters.